The van der Waals surface area contributed by atoms with Crippen molar-refractivity contribution in [2.75, 3.05) is 26.6 Å². The number of nitrogens with one attached hydrogen (secondary N) is 1. The van der Waals surface area contributed by atoms with Crippen molar-refractivity contribution < 1.29 is 33.5 Å². The Balaban J connectivity index is 2.93. The minimum Gasteiger partial charge on any atom is -0.467 e. The van der Waals surface area contributed by atoms with Crippen LogP contribution in [-0.4, -0.2) is 50.2 Å². The molecule has 0 spiro atoms. The lowest BCUT2D eigenvalue weighted by molar-refractivity contribution is -0.384. The average molecular weight is 430 g/mol. The molecule has 0 saturated heterocycles. The zero-order chi connectivity index (χ0) is 23.3. The van der Waals surface area contributed by atoms with Gasteiger partial charge in [-0.1, -0.05) is 12.1 Å². The molecule has 0 saturated carbocycles. The molecule has 10 nitrogen and oxygen atoms in total. The molecule has 2 rings (SSSR count). The lowest BCUT2D eigenvalue weighted by Gasteiger charge is -2.21. The maximum atomic E-state index is 12.8. The van der Waals surface area contributed by atoms with Gasteiger partial charge in [0.1, 0.15) is 6.04 Å². The molecule has 31 heavy (non-hydrogen) atoms. The van der Waals surface area contributed by atoms with Crippen LogP contribution in [0, 0.1) is 17.0 Å². The second kappa shape index (κ2) is 9.70. The van der Waals surface area contributed by atoms with E-state index in [4.69, 9.17) is 14.2 Å². The van der Waals surface area contributed by atoms with E-state index < -0.39 is 28.9 Å². The Kier molecular flexibility index (Phi) is 7.30. The zero-order valence-electron chi connectivity index (χ0n) is 17.7. The van der Waals surface area contributed by atoms with Gasteiger partial charge in [0, 0.05) is 17.7 Å². The van der Waals surface area contributed by atoms with Crippen LogP contribution in [0.5, 0.6) is 0 Å². The van der Waals surface area contributed by atoms with Crippen LogP contribution in [0.1, 0.15) is 33.2 Å². The van der Waals surface area contributed by atoms with Gasteiger partial charge in [0.2, 0.25) is 0 Å². The van der Waals surface area contributed by atoms with Crippen LogP contribution in [0.3, 0.4) is 0 Å². The summed E-state index contributed by atoms with van der Waals surface area (Å²) >= 11 is 0. The molecule has 2 aromatic carbocycles. The number of non-ortho nitro benzene ring substituents is 1. The number of hydrogen-bond acceptors (Lipinski definition) is 9. The minimum absolute atomic E-state index is 0.0414. The summed E-state index contributed by atoms with van der Waals surface area (Å²) in [5.41, 5.74) is 0.652. The third-order valence-corrected chi connectivity index (χ3v) is 4.58. The molecule has 0 heterocycles. The number of benzene rings is 2. The normalized spacial score (nSPS) is 11.3. The molecule has 0 amide bonds. The summed E-state index contributed by atoms with van der Waals surface area (Å²) in [6.07, 6.45) is 0. The van der Waals surface area contributed by atoms with E-state index in [1.165, 1.54) is 51.5 Å². The van der Waals surface area contributed by atoms with Gasteiger partial charge < -0.3 is 19.5 Å². The van der Waals surface area contributed by atoms with Gasteiger partial charge >= 0.3 is 17.9 Å². The largest absolute Gasteiger partial charge is 0.467 e. The topological polar surface area (TPSA) is 134 Å². The van der Waals surface area contributed by atoms with Crippen LogP contribution in [0.4, 0.5) is 11.4 Å². The van der Waals surface area contributed by atoms with E-state index in [1.807, 2.05) is 0 Å². The molecule has 0 aliphatic heterocycles. The molecule has 0 aliphatic rings. The Labute approximate surface area is 178 Å². The molecular weight excluding hydrogens is 408 g/mol. The molecule has 0 aromatic heterocycles. The lowest BCUT2D eigenvalue weighted by atomic mass is 9.89. The summed E-state index contributed by atoms with van der Waals surface area (Å²) in [5, 5.41) is 14.2. The quantitative estimate of drug-likeness (QED) is 0.304. The Hall–Kier alpha value is -3.95. The molecule has 0 radical (unpaired) electrons. The van der Waals surface area contributed by atoms with Crippen LogP contribution in [0.2, 0.25) is 0 Å². The summed E-state index contributed by atoms with van der Waals surface area (Å²) in [7, 11) is 3.56. The van der Waals surface area contributed by atoms with E-state index >= 15 is 0 Å². The van der Waals surface area contributed by atoms with Crippen molar-refractivity contribution in [3.8, 4) is 11.1 Å². The van der Waals surface area contributed by atoms with E-state index in [-0.39, 0.29) is 33.6 Å². The van der Waals surface area contributed by atoms with E-state index in [9.17, 15) is 24.5 Å². The van der Waals surface area contributed by atoms with E-state index in [1.54, 1.807) is 6.92 Å². The summed E-state index contributed by atoms with van der Waals surface area (Å²) in [4.78, 5) is 48.0. The highest BCUT2D eigenvalue weighted by molar-refractivity contribution is 6.10. The van der Waals surface area contributed by atoms with Crippen LogP contribution in [0.25, 0.3) is 11.1 Å². The van der Waals surface area contributed by atoms with Crippen molar-refractivity contribution in [2.45, 2.75) is 19.9 Å². The fraction of sp³-hybridized carbons (Fsp3) is 0.286. The van der Waals surface area contributed by atoms with Gasteiger partial charge in [-0.05, 0) is 31.0 Å². The maximum absolute atomic E-state index is 12.8. The van der Waals surface area contributed by atoms with Crippen molar-refractivity contribution in [2.24, 2.45) is 0 Å². The average Bonchev–Trinajstić information content (AvgIpc) is 2.76. The van der Waals surface area contributed by atoms with Gasteiger partial charge in [-0.25, -0.2) is 14.4 Å². The maximum Gasteiger partial charge on any atom is 0.340 e. The number of hydrogen-bond donors (Lipinski definition) is 1. The van der Waals surface area contributed by atoms with E-state index in [0.29, 0.717) is 5.56 Å². The number of nitro benzene ring substituents is 1. The number of carbonyl (C=O) groups excluding carboxylic acids is 3. The van der Waals surface area contributed by atoms with Gasteiger partial charge in [0.15, 0.2) is 0 Å². The van der Waals surface area contributed by atoms with Gasteiger partial charge in [-0.15, -0.1) is 0 Å². The first kappa shape index (κ1) is 23.3. The van der Waals surface area contributed by atoms with Crippen molar-refractivity contribution in [1.29, 1.82) is 0 Å². The van der Waals surface area contributed by atoms with Crippen LogP contribution < -0.4 is 5.32 Å². The van der Waals surface area contributed by atoms with Crippen molar-refractivity contribution in [1.82, 2.24) is 0 Å². The first-order valence-electron chi connectivity index (χ1n) is 9.09. The Morgan fingerprint density at radius 1 is 1.00 bits per heavy atom. The van der Waals surface area contributed by atoms with E-state index in [2.05, 4.69) is 5.32 Å². The number of ether oxygens (including phenoxy) is 3. The fourth-order valence-electron chi connectivity index (χ4n) is 3.14. The highest BCUT2D eigenvalue weighted by Crippen LogP contribution is 2.38. The molecule has 1 atom stereocenters. The van der Waals surface area contributed by atoms with Crippen molar-refractivity contribution in [3.63, 3.8) is 0 Å². The Bertz CT molecular complexity index is 1050. The SMILES string of the molecule is COC(=O)c1c(C)cc(N[C@@H](C)C(=O)OC)c(C(=O)OC)c1-c1cccc([N+](=O)[O-])c1. The molecule has 164 valence electrons. The van der Waals surface area contributed by atoms with Crippen molar-refractivity contribution >= 4 is 29.3 Å². The molecular formula is C21H22N2O8. The highest BCUT2D eigenvalue weighted by atomic mass is 16.6. The molecule has 0 unspecified atom stereocenters. The first-order valence-corrected chi connectivity index (χ1v) is 9.09. The standard InChI is InChI=1S/C21H22N2O8/c1-11-9-15(22-12(2)19(24)29-3)18(21(26)31-5)17(16(11)20(25)30-4)13-7-6-8-14(10-13)23(27)28/h6-10,12,22H,1-5H3/t12-/m0/s1. The number of nitrogens with zero attached hydrogens (tertiary/aromatic N) is 1. The van der Waals surface area contributed by atoms with Gasteiger partial charge in [0.25, 0.3) is 5.69 Å². The minimum atomic E-state index is -0.838. The molecule has 0 bridgehead atoms. The molecule has 0 aliphatic carbocycles. The first-order chi connectivity index (χ1) is 14.7. The number of methoxy groups -OCH3 is 3. The zero-order valence-corrected chi connectivity index (χ0v) is 17.7. The Morgan fingerprint density at radius 3 is 2.16 bits per heavy atom. The molecule has 0 fully saturated rings. The molecule has 2 aromatic rings. The summed E-state index contributed by atoms with van der Waals surface area (Å²) in [6, 6.07) is 6.14. The smallest absolute Gasteiger partial charge is 0.340 e. The molecule has 10 heteroatoms. The van der Waals surface area contributed by atoms with Crippen molar-refractivity contribution in [3.05, 3.63) is 57.1 Å². The predicted octanol–water partition coefficient (Wildman–Crippen LogP) is 3.12. The lowest BCUT2D eigenvalue weighted by Crippen LogP contribution is -2.28. The van der Waals surface area contributed by atoms with Crippen LogP contribution in [-0.2, 0) is 19.0 Å². The van der Waals surface area contributed by atoms with Crippen LogP contribution in [0.15, 0.2) is 30.3 Å². The number of carbonyl (C=O) groups is 3. The Morgan fingerprint density at radius 2 is 1.61 bits per heavy atom. The number of rotatable bonds is 7. The monoisotopic (exact) mass is 430 g/mol. The van der Waals surface area contributed by atoms with Crippen LogP contribution >= 0.6 is 0 Å². The number of aryl methyl sites for hydroxylation is 1. The predicted molar refractivity (Wildman–Crippen MR) is 111 cm³/mol. The van der Waals surface area contributed by atoms with E-state index in [0.717, 1.165) is 7.11 Å². The number of anilines is 1. The third-order valence-electron chi connectivity index (χ3n) is 4.58. The second-order valence-corrected chi connectivity index (χ2v) is 6.55. The van der Waals surface area contributed by atoms with Gasteiger partial charge in [0.05, 0.1) is 43.1 Å². The molecule has 1 N–H and O–H groups in total. The number of nitro groups is 1. The summed E-state index contributed by atoms with van der Waals surface area (Å²) in [5.74, 6) is -2.13. The van der Waals surface area contributed by atoms with Gasteiger partial charge in [-0.3, -0.25) is 10.1 Å². The second-order valence-electron chi connectivity index (χ2n) is 6.55. The highest BCUT2D eigenvalue weighted by Gasteiger charge is 2.29. The number of esters is 3. The fourth-order valence-corrected chi connectivity index (χ4v) is 3.14. The summed E-state index contributed by atoms with van der Waals surface area (Å²) < 4.78 is 14.5. The third kappa shape index (κ3) is 4.80. The van der Waals surface area contributed by atoms with Gasteiger partial charge in [-0.2, -0.15) is 0 Å². The summed E-state index contributed by atoms with van der Waals surface area (Å²) in [6.45, 7) is 3.14.